The number of ketones is 2. The highest BCUT2D eigenvalue weighted by Gasteiger charge is 2.61. The van der Waals surface area contributed by atoms with Gasteiger partial charge in [-0.25, -0.2) is 4.90 Å². The maximum Gasteiger partial charge on any atom is 0.243 e. The summed E-state index contributed by atoms with van der Waals surface area (Å²) in [7, 11) is 0. The number of hydrogen-bond donors (Lipinski definition) is 0. The number of pyridine rings is 1. The van der Waals surface area contributed by atoms with Gasteiger partial charge in [-0.1, -0.05) is 53.5 Å². The van der Waals surface area contributed by atoms with Gasteiger partial charge in [0.2, 0.25) is 11.8 Å². The molecule has 3 atom stereocenters. The van der Waals surface area contributed by atoms with Crippen molar-refractivity contribution in [2.24, 2.45) is 22.7 Å². The predicted octanol–water partition coefficient (Wildman–Crippen LogP) is 4.39. The van der Waals surface area contributed by atoms with Crippen molar-refractivity contribution in [2.45, 2.75) is 6.04 Å². The number of aliphatic imine (C=N–C) groups is 1. The van der Waals surface area contributed by atoms with Gasteiger partial charge in [-0.05, 0) is 30.3 Å². The van der Waals surface area contributed by atoms with Crippen LogP contribution in [0.4, 0.5) is 5.69 Å². The van der Waals surface area contributed by atoms with Gasteiger partial charge in [-0.3, -0.25) is 29.2 Å². The zero-order valence-corrected chi connectivity index (χ0v) is 19.4. The second-order valence-corrected chi connectivity index (χ2v) is 9.42. The molecule has 2 aromatic carbocycles. The number of benzene rings is 2. The van der Waals surface area contributed by atoms with E-state index >= 15 is 0 Å². The van der Waals surface area contributed by atoms with Gasteiger partial charge in [-0.2, -0.15) is 0 Å². The second kappa shape index (κ2) is 7.93. The van der Waals surface area contributed by atoms with Crippen LogP contribution >= 0.6 is 23.2 Å². The maximum atomic E-state index is 13.8. The summed E-state index contributed by atoms with van der Waals surface area (Å²) in [6.45, 7) is 0. The summed E-state index contributed by atoms with van der Waals surface area (Å²) < 4.78 is 0. The topological polar surface area (TPSA) is 96.8 Å². The Balaban J connectivity index is 1.49. The van der Waals surface area contributed by atoms with E-state index in [-0.39, 0.29) is 27.5 Å². The van der Waals surface area contributed by atoms with Gasteiger partial charge < -0.3 is 0 Å². The summed E-state index contributed by atoms with van der Waals surface area (Å²) in [5.74, 6) is -5.25. The molecule has 0 radical (unpaired) electrons. The number of nitrogens with zero attached hydrogens (tertiary/aromatic N) is 3. The monoisotopic (exact) mass is 503 g/mol. The Labute approximate surface area is 209 Å². The molecule has 0 spiro atoms. The first-order valence-corrected chi connectivity index (χ1v) is 11.6. The van der Waals surface area contributed by atoms with Gasteiger partial charge in [-0.15, -0.1) is 0 Å². The minimum atomic E-state index is -1.26. The zero-order valence-electron chi connectivity index (χ0n) is 17.9. The molecule has 6 rings (SSSR count). The summed E-state index contributed by atoms with van der Waals surface area (Å²) in [6, 6.07) is 15.3. The van der Waals surface area contributed by atoms with E-state index in [4.69, 9.17) is 23.2 Å². The van der Waals surface area contributed by atoms with Crippen molar-refractivity contribution in [1.29, 1.82) is 0 Å². The summed E-state index contributed by atoms with van der Waals surface area (Å²) in [4.78, 5) is 64.1. The molecule has 9 heteroatoms. The van der Waals surface area contributed by atoms with E-state index in [1.165, 1.54) is 18.2 Å². The lowest BCUT2D eigenvalue weighted by Crippen LogP contribution is -2.37. The van der Waals surface area contributed by atoms with Crippen molar-refractivity contribution in [3.8, 4) is 0 Å². The minimum absolute atomic E-state index is 0.0998. The normalized spacial score (nSPS) is 23.7. The van der Waals surface area contributed by atoms with Crippen LogP contribution in [0, 0.1) is 17.8 Å². The Bertz CT molecular complexity index is 1450. The predicted molar refractivity (Wildman–Crippen MR) is 129 cm³/mol. The van der Waals surface area contributed by atoms with Gasteiger partial charge in [0.25, 0.3) is 0 Å². The van der Waals surface area contributed by atoms with E-state index in [2.05, 4.69) is 9.98 Å². The summed E-state index contributed by atoms with van der Waals surface area (Å²) in [6.07, 6.45) is 1.56. The Kier molecular flexibility index (Phi) is 4.95. The molecule has 1 saturated heterocycles. The molecule has 0 saturated carbocycles. The van der Waals surface area contributed by atoms with Crippen LogP contribution in [0.1, 0.15) is 32.5 Å². The third-order valence-corrected chi connectivity index (χ3v) is 7.26. The molecule has 0 bridgehead atoms. The van der Waals surface area contributed by atoms with E-state index in [9.17, 15) is 19.2 Å². The molecule has 2 amide bonds. The minimum Gasteiger partial charge on any atom is -0.293 e. The summed E-state index contributed by atoms with van der Waals surface area (Å²) >= 11 is 12.3. The van der Waals surface area contributed by atoms with Crippen molar-refractivity contribution in [3.63, 3.8) is 0 Å². The van der Waals surface area contributed by atoms with Gasteiger partial charge in [0.1, 0.15) is 12.0 Å². The SMILES string of the molecule is O=C1c2ccccc2C(=O)C1C1=NC(c2ccccn2)C2C(=O)N(c3ccc(Cl)cc3Cl)C(=O)C12. The third kappa shape index (κ3) is 3.12. The lowest BCUT2D eigenvalue weighted by Gasteiger charge is -2.19. The smallest absolute Gasteiger partial charge is 0.243 e. The number of halogens is 2. The largest absolute Gasteiger partial charge is 0.293 e. The van der Waals surface area contributed by atoms with Crippen molar-refractivity contribution in [1.82, 2.24) is 4.98 Å². The van der Waals surface area contributed by atoms with Gasteiger partial charge in [0.15, 0.2) is 11.6 Å². The van der Waals surface area contributed by atoms with Gasteiger partial charge in [0.05, 0.1) is 28.2 Å². The number of amides is 2. The molecule has 172 valence electrons. The molecule has 1 aromatic heterocycles. The Hall–Kier alpha value is -3.68. The van der Waals surface area contributed by atoms with E-state index in [1.807, 2.05) is 0 Å². The lowest BCUT2D eigenvalue weighted by atomic mass is 9.82. The number of carbonyl (C=O) groups excluding carboxylic acids is 4. The third-order valence-electron chi connectivity index (χ3n) is 6.72. The molecular formula is C26H15Cl2N3O4. The molecule has 0 N–H and O–H groups in total. The number of rotatable bonds is 3. The molecule has 3 unspecified atom stereocenters. The van der Waals surface area contributed by atoms with Gasteiger partial charge >= 0.3 is 0 Å². The first-order valence-electron chi connectivity index (χ1n) is 10.9. The summed E-state index contributed by atoms with van der Waals surface area (Å²) in [5, 5.41) is 0.485. The van der Waals surface area contributed by atoms with E-state index in [0.717, 1.165) is 4.90 Å². The number of hydrogen-bond acceptors (Lipinski definition) is 6. The quantitative estimate of drug-likeness (QED) is 0.390. The highest BCUT2D eigenvalue weighted by molar-refractivity contribution is 6.43. The number of anilines is 1. The first kappa shape index (κ1) is 21.8. The number of Topliss-reactive ketones (excluding diaryl/α,β-unsaturated/α-hetero) is 2. The average molecular weight is 504 g/mol. The fourth-order valence-corrected chi connectivity index (χ4v) is 5.70. The fourth-order valence-electron chi connectivity index (χ4n) is 5.21. The van der Waals surface area contributed by atoms with Crippen molar-refractivity contribution in [2.75, 3.05) is 4.90 Å². The molecule has 2 aliphatic heterocycles. The van der Waals surface area contributed by atoms with E-state index < -0.39 is 47.2 Å². The first-order chi connectivity index (χ1) is 16.9. The van der Waals surface area contributed by atoms with Crippen LogP contribution in [0.3, 0.4) is 0 Å². The Morgan fingerprint density at radius 2 is 1.49 bits per heavy atom. The zero-order chi connectivity index (χ0) is 24.4. The molecular weight excluding hydrogens is 489 g/mol. The Morgan fingerprint density at radius 1 is 0.800 bits per heavy atom. The molecule has 1 aliphatic carbocycles. The van der Waals surface area contributed by atoms with Crippen LogP contribution < -0.4 is 4.90 Å². The van der Waals surface area contributed by atoms with E-state index in [0.29, 0.717) is 10.7 Å². The fraction of sp³-hybridized carbons (Fsp3) is 0.154. The standard InChI is InChI=1S/C26H15Cl2N3O4/c27-12-8-9-17(15(28)11-12)31-25(34)18-19(26(31)35)22(30-21(18)16-7-3-4-10-29-16)20-23(32)13-5-1-2-6-14(13)24(20)33/h1-11,18-21H. The van der Waals surface area contributed by atoms with Gasteiger partial charge in [0, 0.05) is 28.1 Å². The van der Waals surface area contributed by atoms with Crippen molar-refractivity contribution >= 4 is 58.0 Å². The molecule has 35 heavy (non-hydrogen) atoms. The van der Waals surface area contributed by atoms with E-state index in [1.54, 1.807) is 48.7 Å². The molecule has 3 heterocycles. The Morgan fingerprint density at radius 3 is 2.11 bits per heavy atom. The van der Waals surface area contributed by atoms with Crippen molar-refractivity contribution < 1.29 is 19.2 Å². The highest BCUT2D eigenvalue weighted by atomic mass is 35.5. The lowest BCUT2D eigenvalue weighted by molar-refractivity contribution is -0.122. The van der Waals surface area contributed by atoms with Crippen LogP contribution in [0.25, 0.3) is 0 Å². The highest BCUT2D eigenvalue weighted by Crippen LogP contribution is 2.49. The number of carbonyl (C=O) groups is 4. The summed E-state index contributed by atoms with van der Waals surface area (Å²) in [5.41, 5.74) is 1.34. The molecule has 3 aromatic rings. The number of imide groups is 1. The molecule has 1 fully saturated rings. The van der Waals surface area contributed by atoms with Crippen LogP contribution in [-0.4, -0.2) is 34.1 Å². The average Bonchev–Trinajstić information content (AvgIpc) is 3.45. The molecule has 3 aliphatic rings. The van der Waals surface area contributed by atoms with Crippen LogP contribution in [0.15, 0.2) is 71.9 Å². The second-order valence-electron chi connectivity index (χ2n) is 8.57. The maximum absolute atomic E-state index is 13.8. The van der Waals surface area contributed by atoms with Crippen molar-refractivity contribution in [3.05, 3.63) is 93.7 Å². The number of fused-ring (bicyclic) bond motifs is 2. The van der Waals surface area contributed by atoms with Crippen LogP contribution in [0.2, 0.25) is 10.0 Å². The number of aromatic nitrogens is 1. The van der Waals surface area contributed by atoms with Crippen LogP contribution in [0.5, 0.6) is 0 Å². The van der Waals surface area contributed by atoms with Crippen LogP contribution in [-0.2, 0) is 9.59 Å². The molecule has 7 nitrogen and oxygen atoms in total.